The van der Waals surface area contributed by atoms with Crippen molar-refractivity contribution in [1.82, 2.24) is 5.32 Å². The zero-order valence-electron chi connectivity index (χ0n) is 14.1. The molecule has 0 heterocycles. The predicted molar refractivity (Wildman–Crippen MR) is 86.0 cm³/mol. The van der Waals surface area contributed by atoms with Crippen molar-refractivity contribution in [2.45, 2.75) is 67.3 Å². The molecule has 0 bridgehead atoms. The number of nitrogens with one attached hydrogen (secondary N) is 1. The van der Waals surface area contributed by atoms with Gasteiger partial charge in [0, 0.05) is 6.04 Å². The van der Waals surface area contributed by atoms with Crippen molar-refractivity contribution in [3.8, 4) is 0 Å². The highest BCUT2D eigenvalue weighted by molar-refractivity contribution is 5.50. The molecule has 2 unspecified atom stereocenters. The molecule has 0 radical (unpaired) electrons. The van der Waals surface area contributed by atoms with Crippen molar-refractivity contribution in [2.75, 3.05) is 7.05 Å². The van der Waals surface area contributed by atoms with Gasteiger partial charge in [0.05, 0.1) is 0 Å². The van der Waals surface area contributed by atoms with Crippen molar-refractivity contribution in [3.63, 3.8) is 0 Å². The van der Waals surface area contributed by atoms with Crippen molar-refractivity contribution in [1.29, 1.82) is 0 Å². The Hall–Kier alpha value is -0.820. The van der Waals surface area contributed by atoms with Gasteiger partial charge in [-0.15, -0.1) is 0 Å². The summed E-state index contributed by atoms with van der Waals surface area (Å²) >= 11 is 0. The van der Waals surface area contributed by atoms with Crippen molar-refractivity contribution in [2.24, 2.45) is 5.92 Å². The smallest absolute Gasteiger partial charge is 0.0348 e. The minimum absolute atomic E-state index is 0.470. The van der Waals surface area contributed by atoms with Gasteiger partial charge in [0.2, 0.25) is 0 Å². The second kappa shape index (κ2) is 6.56. The first-order chi connectivity index (χ1) is 8.86. The van der Waals surface area contributed by atoms with Crippen LogP contribution in [0.1, 0.15) is 66.1 Å². The summed E-state index contributed by atoms with van der Waals surface area (Å²) in [7, 11) is 2.10. The van der Waals surface area contributed by atoms with E-state index < -0.39 is 0 Å². The number of rotatable bonds is 5. The fourth-order valence-electron chi connectivity index (χ4n) is 3.33. The largest absolute Gasteiger partial charge is 0.313 e. The van der Waals surface area contributed by atoms with Crippen LogP contribution in [0.15, 0.2) is 0 Å². The van der Waals surface area contributed by atoms with E-state index in [9.17, 15) is 0 Å². The molecule has 1 rings (SSSR count). The summed E-state index contributed by atoms with van der Waals surface area (Å²) in [5.41, 5.74) is 8.86. The van der Waals surface area contributed by atoms with Crippen LogP contribution in [-0.2, 0) is 0 Å². The van der Waals surface area contributed by atoms with Crippen LogP contribution < -0.4 is 5.32 Å². The van der Waals surface area contributed by atoms with Crippen LogP contribution >= 0.6 is 0 Å². The Balaban J connectivity index is 3.40. The summed E-state index contributed by atoms with van der Waals surface area (Å²) in [6, 6.07) is 0.470. The molecule has 0 fully saturated rings. The minimum atomic E-state index is 0.470. The van der Waals surface area contributed by atoms with Crippen molar-refractivity contribution < 1.29 is 0 Å². The molecule has 0 aliphatic heterocycles. The van der Waals surface area contributed by atoms with Crippen LogP contribution in [0.25, 0.3) is 0 Å². The molecule has 2 atom stereocenters. The molecule has 0 spiro atoms. The number of hydrogen-bond acceptors (Lipinski definition) is 1. The van der Waals surface area contributed by atoms with Gasteiger partial charge in [-0.05, 0) is 87.4 Å². The maximum atomic E-state index is 3.56. The Kier molecular flexibility index (Phi) is 5.61. The Morgan fingerprint density at radius 1 is 0.842 bits per heavy atom. The maximum Gasteiger partial charge on any atom is 0.0348 e. The maximum absolute atomic E-state index is 3.56. The molecular weight excluding hydrogens is 230 g/mol. The van der Waals surface area contributed by atoms with Crippen LogP contribution in [0, 0.1) is 40.5 Å². The molecule has 1 aromatic carbocycles. The van der Waals surface area contributed by atoms with Gasteiger partial charge in [-0.1, -0.05) is 20.3 Å². The van der Waals surface area contributed by atoms with Crippen molar-refractivity contribution in [3.05, 3.63) is 33.4 Å². The van der Waals surface area contributed by atoms with E-state index in [1.165, 1.54) is 46.2 Å². The lowest BCUT2D eigenvalue weighted by Crippen LogP contribution is -2.26. The van der Waals surface area contributed by atoms with E-state index in [4.69, 9.17) is 0 Å². The minimum Gasteiger partial charge on any atom is -0.313 e. The first kappa shape index (κ1) is 16.2. The van der Waals surface area contributed by atoms with Crippen LogP contribution in [0.3, 0.4) is 0 Å². The van der Waals surface area contributed by atoms with Gasteiger partial charge in [-0.25, -0.2) is 0 Å². The summed E-state index contributed by atoms with van der Waals surface area (Å²) in [4.78, 5) is 0. The van der Waals surface area contributed by atoms with E-state index in [0.717, 1.165) is 0 Å². The molecule has 1 nitrogen and oxygen atoms in total. The van der Waals surface area contributed by atoms with E-state index in [1.807, 2.05) is 0 Å². The second-order valence-electron chi connectivity index (χ2n) is 6.07. The van der Waals surface area contributed by atoms with Crippen LogP contribution in [0.2, 0.25) is 0 Å². The Morgan fingerprint density at radius 3 is 1.63 bits per heavy atom. The molecule has 19 heavy (non-hydrogen) atoms. The Bertz CT molecular complexity index is 416. The van der Waals surface area contributed by atoms with Gasteiger partial charge in [-0.3, -0.25) is 0 Å². The monoisotopic (exact) mass is 261 g/mol. The third-order valence-corrected chi connectivity index (χ3v) is 4.99. The van der Waals surface area contributed by atoms with E-state index >= 15 is 0 Å². The summed E-state index contributed by atoms with van der Waals surface area (Å²) in [6.07, 6.45) is 2.53. The number of benzene rings is 1. The fourth-order valence-corrected chi connectivity index (χ4v) is 3.33. The predicted octanol–water partition coefficient (Wildman–Crippen LogP) is 4.93. The lowest BCUT2D eigenvalue weighted by atomic mass is 9.81. The van der Waals surface area contributed by atoms with Crippen LogP contribution in [0.5, 0.6) is 0 Å². The molecule has 1 N–H and O–H groups in total. The van der Waals surface area contributed by atoms with Crippen molar-refractivity contribution >= 4 is 0 Å². The molecule has 0 saturated carbocycles. The molecule has 0 aliphatic carbocycles. The van der Waals surface area contributed by atoms with E-state index in [2.05, 4.69) is 60.8 Å². The van der Waals surface area contributed by atoms with E-state index in [1.54, 1.807) is 0 Å². The normalized spacial score (nSPS) is 14.5. The Labute approximate surface area is 119 Å². The third-order valence-electron chi connectivity index (χ3n) is 4.99. The molecule has 0 aromatic heterocycles. The lowest BCUT2D eigenvalue weighted by Gasteiger charge is -2.29. The molecule has 0 saturated heterocycles. The summed E-state index contributed by atoms with van der Waals surface area (Å²) in [6.45, 7) is 16.0. The van der Waals surface area contributed by atoms with E-state index in [-0.39, 0.29) is 0 Å². The standard InChI is InChI=1S/C18H31N/c1-9-10-11(2)18(19-8)17-15(6)13(4)12(3)14(5)16(17)7/h11,18-19H,9-10H2,1-8H3. The molecule has 108 valence electrons. The van der Waals surface area contributed by atoms with Crippen LogP contribution in [0.4, 0.5) is 0 Å². The van der Waals surface area contributed by atoms with Crippen LogP contribution in [-0.4, -0.2) is 7.05 Å². The van der Waals surface area contributed by atoms with E-state index in [0.29, 0.717) is 12.0 Å². The molecular formula is C18H31N. The first-order valence-electron chi connectivity index (χ1n) is 7.60. The van der Waals surface area contributed by atoms with Gasteiger partial charge in [0.1, 0.15) is 0 Å². The SMILES string of the molecule is CCCC(C)C(NC)c1c(C)c(C)c(C)c(C)c1C. The molecule has 1 aromatic rings. The van der Waals surface area contributed by atoms with Gasteiger partial charge in [-0.2, -0.15) is 0 Å². The highest BCUT2D eigenvalue weighted by Crippen LogP contribution is 2.34. The van der Waals surface area contributed by atoms with Gasteiger partial charge in [0.15, 0.2) is 0 Å². The molecule has 1 heteroatoms. The highest BCUT2D eigenvalue weighted by Gasteiger charge is 2.23. The van der Waals surface area contributed by atoms with Gasteiger partial charge < -0.3 is 5.32 Å². The average Bonchev–Trinajstić information content (AvgIpc) is 2.39. The summed E-state index contributed by atoms with van der Waals surface area (Å²) < 4.78 is 0. The lowest BCUT2D eigenvalue weighted by molar-refractivity contribution is 0.381. The average molecular weight is 261 g/mol. The first-order valence-corrected chi connectivity index (χ1v) is 7.60. The fraction of sp³-hybridized carbons (Fsp3) is 0.667. The zero-order valence-corrected chi connectivity index (χ0v) is 14.1. The Morgan fingerprint density at radius 2 is 1.26 bits per heavy atom. The zero-order chi connectivity index (χ0) is 14.7. The second-order valence-corrected chi connectivity index (χ2v) is 6.07. The molecule has 0 aliphatic rings. The van der Waals surface area contributed by atoms with Gasteiger partial charge >= 0.3 is 0 Å². The molecule has 0 amide bonds. The topological polar surface area (TPSA) is 12.0 Å². The quantitative estimate of drug-likeness (QED) is 0.793. The third kappa shape index (κ3) is 3.02. The summed E-state index contributed by atoms with van der Waals surface area (Å²) in [5.74, 6) is 0.675. The number of hydrogen-bond donors (Lipinski definition) is 1. The highest BCUT2D eigenvalue weighted by atomic mass is 14.9. The summed E-state index contributed by atoms with van der Waals surface area (Å²) in [5, 5.41) is 3.56. The van der Waals surface area contributed by atoms with Gasteiger partial charge in [0.25, 0.3) is 0 Å².